The van der Waals surface area contributed by atoms with Crippen LogP contribution in [-0.2, 0) is 11.2 Å². The third kappa shape index (κ3) is 5.24. The van der Waals surface area contributed by atoms with Crippen LogP contribution in [0.1, 0.15) is 16.7 Å². The molecule has 6 rings (SSSR count). The van der Waals surface area contributed by atoms with E-state index in [2.05, 4.69) is 21.9 Å². The Kier molecular flexibility index (Phi) is 6.77. The fraction of sp³-hybridized carbons (Fsp3) is 0.194. The number of hydrogen-bond donors (Lipinski definition) is 2. The molecule has 0 spiro atoms. The number of carbonyl (C=O) groups excluding carboxylic acids is 1. The van der Waals surface area contributed by atoms with Gasteiger partial charge in [-0.1, -0.05) is 41.9 Å². The monoisotopic (exact) mass is 537 g/mol. The summed E-state index contributed by atoms with van der Waals surface area (Å²) >= 11 is 6.21. The molecule has 5 aromatic rings. The zero-order valence-corrected chi connectivity index (χ0v) is 22.3. The second-order valence-corrected chi connectivity index (χ2v) is 10.4. The molecule has 3 aromatic carbocycles. The summed E-state index contributed by atoms with van der Waals surface area (Å²) in [5.41, 5.74) is 5.33. The van der Waals surface area contributed by atoms with Gasteiger partial charge in [-0.05, 0) is 55.1 Å². The number of hydrogen-bond acceptors (Lipinski definition) is 5. The Labute approximate surface area is 231 Å². The minimum Gasteiger partial charge on any atom is -0.494 e. The number of likely N-dealkylation sites (N-methyl/N-ethyl adjacent to an activating group) is 1. The molecule has 0 aliphatic carbocycles. The number of carbonyl (C=O) groups is 1. The van der Waals surface area contributed by atoms with Crippen molar-refractivity contribution >= 4 is 50.7 Å². The van der Waals surface area contributed by atoms with Crippen LogP contribution in [-0.4, -0.2) is 69.7 Å². The summed E-state index contributed by atoms with van der Waals surface area (Å²) in [5, 5.41) is 13.4. The molecule has 8 heteroatoms. The predicted molar refractivity (Wildman–Crippen MR) is 156 cm³/mol. The summed E-state index contributed by atoms with van der Waals surface area (Å²) in [6.07, 6.45) is 2.13. The number of fused-ring (bicyclic) bond motifs is 2. The zero-order valence-electron chi connectivity index (χ0n) is 21.6. The molecule has 0 unspecified atom stereocenters. The molecule has 1 fully saturated rings. The second-order valence-electron chi connectivity index (χ2n) is 9.94. The number of amides is 1. The van der Waals surface area contributed by atoms with E-state index in [4.69, 9.17) is 16.6 Å². The van der Waals surface area contributed by atoms with Crippen molar-refractivity contribution in [2.45, 2.75) is 6.42 Å². The van der Waals surface area contributed by atoms with E-state index in [0.717, 1.165) is 64.8 Å². The molecule has 1 amide bonds. The third-order valence-electron chi connectivity index (χ3n) is 7.24. The topological polar surface area (TPSA) is 84.8 Å². The summed E-state index contributed by atoms with van der Waals surface area (Å²) in [5.74, 6) is 0.166. The standard InChI is InChI=1S/C31H28ClN5O2/c1-36-13-15-37(16-14-36)28(38)17-20-4-8-24(9-5-20)34-30(22-6-11-26-21(18-22)3-2-12-33-26)29-25-10-7-23(32)19-27(25)35-31(29)39/h2-12,18-19,35,39H,13-17H2,1H3. The highest BCUT2D eigenvalue weighted by molar-refractivity contribution is 6.31. The lowest BCUT2D eigenvalue weighted by molar-refractivity contribution is -0.132. The fourth-order valence-electron chi connectivity index (χ4n) is 5.04. The van der Waals surface area contributed by atoms with Crippen LogP contribution >= 0.6 is 11.6 Å². The molecule has 2 aromatic heterocycles. The van der Waals surface area contributed by atoms with E-state index in [0.29, 0.717) is 22.7 Å². The predicted octanol–water partition coefficient (Wildman–Crippen LogP) is 5.56. The number of aliphatic imine (C=N–C) groups is 1. The molecule has 1 saturated heterocycles. The Bertz CT molecular complexity index is 1700. The van der Waals surface area contributed by atoms with Gasteiger partial charge in [0.15, 0.2) is 5.88 Å². The highest BCUT2D eigenvalue weighted by Crippen LogP contribution is 2.33. The maximum Gasteiger partial charge on any atom is 0.227 e. The molecular weight excluding hydrogens is 510 g/mol. The maximum atomic E-state index is 12.8. The van der Waals surface area contributed by atoms with Gasteiger partial charge in [0.2, 0.25) is 5.91 Å². The van der Waals surface area contributed by atoms with E-state index in [-0.39, 0.29) is 11.8 Å². The second kappa shape index (κ2) is 10.5. The Morgan fingerprint density at radius 1 is 1.03 bits per heavy atom. The van der Waals surface area contributed by atoms with E-state index in [1.807, 2.05) is 65.6 Å². The highest BCUT2D eigenvalue weighted by atomic mass is 35.5. The summed E-state index contributed by atoms with van der Waals surface area (Å²) in [6, 6.07) is 23.0. The van der Waals surface area contributed by atoms with Crippen LogP contribution in [0.2, 0.25) is 5.02 Å². The van der Waals surface area contributed by atoms with Crippen molar-refractivity contribution in [3.8, 4) is 5.88 Å². The number of piperazine rings is 1. The van der Waals surface area contributed by atoms with Crippen LogP contribution in [0.15, 0.2) is 84.0 Å². The number of benzene rings is 3. The lowest BCUT2D eigenvalue weighted by atomic mass is 9.99. The van der Waals surface area contributed by atoms with Crippen LogP contribution in [0, 0.1) is 0 Å². The van der Waals surface area contributed by atoms with E-state index in [1.54, 1.807) is 18.3 Å². The molecule has 2 N–H and O–H groups in total. The van der Waals surface area contributed by atoms with Gasteiger partial charge in [-0.3, -0.25) is 9.78 Å². The first-order valence-electron chi connectivity index (χ1n) is 12.9. The number of aromatic hydroxyl groups is 1. The molecule has 0 bridgehead atoms. The van der Waals surface area contributed by atoms with Crippen molar-refractivity contribution in [1.29, 1.82) is 0 Å². The van der Waals surface area contributed by atoms with Gasteiger partial charge >= 0.3 is 0 Å². The van der Waals surface area contributed by atoms with Gasteiger partial charge in [0.05, 0.1) is 34.4 Å². The minimum absolute atomic E-state index is 0.0201. The average Bonchev–Trinajstić information content (AvgIpc) is 3.27. The van der Waals surface area contributed by atoms with Crippen molar-refractivity contribution in [2.75, 3.05) is 33.2 Å². The molecule has 0 saturated carbocycles. The quantitative estimate of drug-likeness (QED) is 0.287. The molecule has 39 heavy (non-hydrogen) atoms. The summed E-state index contributed by atoms with van der Waals surface area (Å²) < 4.78 is 0. The summed E-state index contributed by atoms with van der Waals surface area (Å²) in [4.78, 5) is 29.5. The van der Waals surface area contributed by atoms with Crippen LogP contribution in [0.5, 0.6) is 5.88 Å². The largest absolute Gasteiger partial charge is 0.494 e. The molecule has 3 heterocycles. The van der Waals surface area contributed by atoms with Crippen molar-refractivity contribution in [1.82, 2.24) is 19.8 Å². The first-order chi connectivity index (χ1) is 18.9. The van der Waals surface area contributed by atoms with Crippen LogP contribution < -0.4 is 0 Å². The number of aromatic amines is 1. The molecular formula is C31H28ClN5O2. The minimum atomic E-state index is 0.0201. The van der Waals surface area contributed by atoms with Gasteiger partial charge < -0.3 is 19.9 Å². The summed E-state index contributed by atoms with van der Waals surface area (Å²) in [6.45, 7) is 3.34. The number of halogens is 1. The van der Waals surface area contributed by atoms with Gasteiger partial charge in [-0.15, -0.1) is 0 Å². The van der Waals surface area contributed by atoms with Crippen LogP contribution in [0.25, 0.3) is 21.8 Å². The van der Waals surface area contributed by atoms with Crippen molar-refractivity contribution in [2.24, 2.45) is 4.99 Å². The van der Waals surface area contributed by atoms with E-state index < -0.39 is 0 Å². The maximum absolute atomic E-state index is 12.8. The molecule has 0 atom stereocenters. The van der Waals surface area contributed by atoms with Gasteiger partial charge in [-0.25, -0.2) is 4.99 Å². The lowest BCUT2D eigenvalue weighted by Gasteiger charge is -2.32. The Morgan fingerprint density at radius 2 is 1.82 bits per heavy atom. The van der Waals surface area contributed by atoms with Crippen LogP contribution in [0.3, 0.4) is 0 Å². The SMILES string of the molecule is CN1CCN(C(=O)Cc2ccc(N=C(c3ccc4ncccc4c3)c3c(O)[nH]c4cc(Cl)ccc34)cc2)CC1. The number of nitrogens with zero attached hydrogens (tertiary/aromatic N) is 4. The normalized spacial score (nSPS) is 14.8. The molecule has 7 nitrogen and oxygen atoms in total. The third-order valence-corrected chi connectivity index (χ3v) is 7.48. The van der Waals surface area contributed by atoms with Crippen molar-refractivity contribution in [3.63, 3.8) is 0 Å². The van der Waals surface area contributed by atoms with Gasteiger partial charge in [0, 0.05) is 53.7 Å². The first-order valence-corrected chi connectivity index (χ1v) is 13.3. The molecule has 1 aliphatic heterocycles. The van der Waals surface area contributed by atoms with Crippen LogP contribution in [0.4, 0.5) is 5.69 Å². The van der Waals surface area contributed by atoms with Gasteiger partial charge in [0.25, 0.3) is 0 Å². The number of pyridine rings is 1. The van der Waals surface area contributed by atoms with Crippen molar-refractivity contribution in [3.05, 3.63) is 101 Å². The Balaban J connectivity index is 1.37. The number of H-pyrrole nitrogens is 1. The zero-order chi connectivity index (χ0) is 26.9. The van der Waals surface area contributed by atoms with E-state index in [9.17, 15) is 9.90 Å². The average molecular weight is 538 g/mol. The Hall–Kier alpha value is -4.20. The highest BCUT2D eigenvalue weighted by Gasteiger charge is 2.21. The molecule has 1 aliphatic rings. The lowest BCUT2D eigenvalue weighted by Crippen LogP contribution is -2.47. The Morgan fingerprint density at radius 3 is 2.62 bits per heavy atom. The molecule has 0 radical (unpaired) electrons. The van der Waals surface area contributed by atoms with Gasteiger partial charge in [-0.2, -0.15) is 0 Å². The van der Waals surface area contributed by atoms with E-state index >= 15 is 0 Å². The smallest absolute Gasteiger partial charge is 0.227 e. The molecule has 196 valence electrons. The van der Waals surface area contributed by atoms with Crippen molar-refractivity contribution < 1.29 is 9.90 Å². The summed E-state index contributed by atoms with van der Waals surface area (Å²) in [7, 11) is 2.08. The fourth-order valence-corrected chi connectivity index (χ4v) is 5.21. The first kappa shape index (κ1) is 25.1. The van der Waals surface area contributed by atoms with E-state index in [1.165, 1.54) is 0 Å². The number of rotatable bonds is 5. The number of nitrogens with one attached hydrogen (secondary N) is 1. The number of aromatic nitrogens is 2. The van der Waals surface area contributed by atoms with Gasteiger partial charge in [0.1, 0.15) is 0 Å².